The predicted octanol–water partition coefficient (Wildman–Crippen LogP) is 10.1. The second-order valence-corrected chi connectivity index (χ2v) is 10.8. The van der Waals surface area contributed by atoms with Gasteiger partial charge >= 0.3 is 0 Å². The minimum atomic E-state index is 0.0512. The van der Waals surface area contributed by atoms with Crippen LogP contribution in [0, 0.1) is 18.3 Å². The summed E-state index contributed by atoms with van der Waals surface area (Å²) in [6.45, 7) is 17.6. The van der Waals surface area contributed by atoms with Crippen molar-refractivity contribution in [1.29, 1.82) is 0 Å². The molecular weight excluding hydrogens is 380 g/mol. The fraction of sp³-hybridized carbons (Fsp3) is 0.379. The van der Waals surface area contributed by atoms with Crippen LogP contribution in [0.15, 0.2) is 72.8 Å². The number of thiophene rings is 1. The first-order chi connectivity index (χ1) is 14.3. The van der Waals surface area contributed by atoms with Gasteiger partial charge in [0.25, 0.3) is 0 Å². The lowest BCUT2D eigenvalue weighted by Gasteiger charge is -2.25. The minimum Gasteiger partial charge on any atom is -0.0683 e. The molecule has 30 heavy (non-hydrogen) atoms. The van der Waals surface area contributed by atoms with Crippen molar-refractivity contribution >= 4 is 30.6 Å². The van der Waals surface area contributed by atoms with Crippen LogP contribution in [-0.4, -0.2) is 0 Å². The van der Waals surface area contributed by atoms with E-state index < -0.39 is 0 Å². The third-order valence-corrected chi connectivity index (χ3v) is 8.19. The van der Waals surface area contributed by atoms with Crippen molar-refractivity contribution in [3.05, 3.63) is 78.4 Å². The average Bonchev–Trinajstić information content (AvgIpc) is 3.09. The third kappa shape index (κ3) is 5.52. The van der Waals surface area contributed by atoms with E-state index in [1.807, 2.05) is 13.8 Å². The largest absolute Gasteiger partial charge is 0.187 e. The Morgan fingerprint density at radius 3 is 1.53 bits per heavy atom. The average molecular weight is 420 g/mol. The van der Waals surface area contributed by atoms with Gasteiger partial charge in [-0.25, -0.2) is 0 Å². The summed E-state index contributed by atoms with van der Waals surface area (Å²) in [5, 5.41) is 2.79. The number of fused-ring (bicyclic) bond motifs is 3. The lowest BCUT2D eigenvalue weighted by Crippen LogP contribution is -2.15. The van der Waals surface area contributed by atoms with Gasteiger partial charge in [-0.15, -0.1) is 0 Å². The Morgan fingerprint density at radius 1 is 0.733 bits per heavy atom. The van der Waals surface area contributed by atoms with E-state index in [0.29, 0.717) is 5.41 Å². The Hall–Kier alpha value is -2.12. The van der Waals surface area contributed by atoms with Gasteiger partial charge in [0.1, 0.15) is 0 Å². The SMILES string of the molecule is CC.CCC(C)C(C)(C)C.Cc1ccc(-[s+]2c3ccccc3c3ccccc32)cc1. The molecule has 0 aliphatic rings. The molecule has 0 aliphatic heterocycles. The number of hydrogen-bond donors (Lipinski definition) is 0. The minimum absolute atomic E-state index is 0.0512. The molecule has 0 amide bonds. The quantitative estimate of drug-likeness (QED) is 0.283. The van der Waals surface area contributed by atoms with E-state index in [-0.39, 0.29) is 10.5 Å². The van der Waals surface area contributed by atoms with Gasteiger partial charge in [0.05, 0.1) is 0 Å². The maximum atomic E-state index is 2.31. The van der Waals surface area contributed by atoms with Crippen molar-refractivity contribution in [3.8, 4) is 4.90 Å². The molecular formula is C29H39S+. The normalized spacial score (nSPS) is 12.0. The first-order valence-electron chi connectivity index (χ1n) is 11.3. The Labute approximate surface area is 186 Å². The van der Waals surface area contributed by atoms with Gasteiger partial charge in [0.15, 0.2) is 14.3 Å². The van der Waals surface area contributed by atoms with E-state index in [0.717, 1.165) is 5.92 Å². The fourth-order valence-corrected chi connectivity index (χ4v) is 5.77. The topological polar surface area (TPSA) is 0 Å². The molecule has 1 heteroatoms. The molecule has 0 saturated heterocycles. The molecule has 1 unspecified atom stereocenters. The molecule has 0 aliphatic carbocycles. The zero-order valence-corrected chi connectivity index (χ0v) is 20.9. The molecule has 0 radical (unpaired) electrons. The first-order valence-corrected chi connectivity index (χ1v) is 12.5. The van der Waals surface area contributed by atoms with Crippen LogP contribution in [-0.2, 0) is 0 Å². The highest BCUT2D eigenvalue weighted by molar-refractivity contribution is 7.50. The molecule has 160 valence electrons. The molecule has 4 rings (SSSR count). The van der Waals surface area contributed by atoms with Crippen LogP contribution in [0.3, 0.4) is 0 Å². The van der Waals surface area contributed by atoms with Crippen LogP contribution in [0.25, 0.3) is 25.1 Å². The van der Waals surface area contributed by atoms with E-state index in [1.165, 1.54) is 37.1 Å². The molecule has 0 saturated carbocycles. The van der Waals surface area contributed by atoms with E-state index in [4.69, 9.17) is 0 Å². The summed E-state index contributed by atoms with van der Waals surface area (Å²) in [4.78, 5) is 1.41. The maximum absolute atomic E-state index is 2.31. The van der Waals surface area contributed by atoms with Crippen molar-refractivity contribution in [2.45, 2.75) is 61.8 Å². The Kier molecular flexibility index (Phi) is 8.67. The molecule has 1 heterocycles. The highest BCUT2D eigenvalue weighted by atomic mass is 32.2. The van der Waals surface area contributed by atoms with Crippen molar-refractivity contribution in [2.24, 2.45) is 11.3 Å². The van der Waals surface area contributed by atoms with Gasteiger partial charge in [-0.2, -0.15) is 0 Å². The summed E-state index contributed by atoms with van der Waals surface area (Å²) < 4.78 is 2.91. The summed E-state index contributed by atoms with van der Waals surface area (Å²) in [6.07, 6.45) is 1.30. The van der Waals surface area contributed by atoms with Crippen LogP contribution < -0.4 is 0 Å². The van der Waals surface area contributed by atoms with Gasteiger partial charge < -0.3 is 0 Å². The second-order valence-electron chi connectivity index (χ2n) is 8.79. The molecule has 3 aromatic carbocycles. The molecule has 0 spiro atoms. The van der Waals surface area contributed by atoms with Crippen molar-refractivity contribution < 1.29 is 0 Å². The molecule has 4 aromatic rings. The lowest BCUT2D eigenvalue weighted by atomic mass is 9.81. The molecule has 0 bridgehead atoms. The van der Waals surface area contributed by atoms with Crippen LogP contribution in [0.5, 0.6) is 0 Å². The molecule has 0 N–H and O–H groups in total. The Bertz CT molecular complexity index is 992. The molecule has 1 atom stereocenters. The summed E-state index contributed by atoms with van der Waals surface area (Å²) in [5.74, 6) is 0.850. The van der Waals surface area contributed by atoms with E-state index >= 15 is 0 Å². The van der Waals surface area contributed by atoms with Crippen LogP contribution in [0.4, 0.5) is 0 Å². The van der Waals surface area contributed by atoms with E-state index in [2.05, 4.69) is 114 Å². The van der Waals surface area contributed by atoms with E-state index in [9.17, 15) is 0 Å². The highest BCUT2D eigenvalue weighted by Gasteiger charge is 2.22. The third-order valence-electron chi connectivity index (χ3n) is 5.85. The van der Waals surface area contributed by atoms with Gasteiger partial charge in [-0.1, -0.05) is 96.8 Å². The zero-order valence-electron chi connectivity index (χ0n) is 20.1. The number of rotatable bonds is 2. The standard InChI is InChI=1S/C19H15S.C8H18.C2H6/c1-14-10-12-15(13-11-14)20-18-8-4-2-6-16(18)17-7-3-5-9-19(17)20;1-6-7(2)8(3,4)5;1-2/h2-13H,1H3;7H,6H2,1-5H3;1-2H3/q+1;;. The van der Waals surface area contributed by atoms with Gasteiger partial charge in [0.2, 0.25) is 0 Å². The zero-order chi connectivity index (χ0) is 22.3. The van der Waals surface area contributed by atoms with Crippen LogP contribution >= 0.6 is 10.5 Å². The maximum Gasteiger partial charge on any atom is 0.187 e. The summed E-state index contributed by atoms with van der Waals surface area (Å²) in [6, 6.07) is 26.6. The van der Waals surface area contributed by atoms with Crippen LogP contribution in [0.1, 0.15) is 60.5 Å². The molecule has 1 aromatic heterocycles. The van der Waals surface area contributed by atoms with Crippen LogP contribution in [0.2, 0.25) is 0 Å². The van der Waals surface area contributed by atoms with E-state index in [1.54, 1.807) is 0 Å². The number of hydrogen-bond acceptors (Lipinski definition) is 0. The first kappa shape index (κ1) is 24.2. The van der Waals surface area contributed by atoms with Crippen molar-refractivity contribution in [2.75, 3.05) is 0 Å². The monoisotopic (exact) mass is 419 g/mol. The fourth-order valence-electron chi connectivity index (χ4n) is 3.39. The summed E-state index contributed by atoms with van der Waals surface area (Å²) in [7, 11) is 0.0512. The molecule has 0 nitrogen and oxygen atoms in total. The lowest BCUT2D eigenvalue weighted by molar-refractivity contribution is 0.254. The van der Waals surface area contributed by atoms with Gasteiger partial charge in [-0.3, -0.25) is 0 Å². The second kappa shape index (κ2) is 10.8. The Balaban J connectivity index is 0.000000274. The number of benzene rings is 3. The van der Waals surface area contributed by atoms with Gasteiger partial charge in [0, 0.05) is 21.2 Å². The van der Waals surface area contributed by atoms with Gasteiger partial charge in [-0.05, 0) is 54.7 Å². The summed E-state index contributed by atoms with van der Waals surface area (Å²) in [5.41, 5.74) is 1.83. The molecule has 0 fully saturated rings. The summed E-state index contributed by atoms with van der Waals surface area (Å²) >= 11 is 0. The number of aryl methyl sites for hydroxylation is 1. The smallest absolute Gasteiger partial charge is 0.0683 e. The highest BCUT2D eigenvalue weighted by Crippen LogP contribution is 2.47. The van der Waals surface area contributed by atoms with Crippen molar-refractivity contribution in [1.82, 2.24) is 0 Å². The predicted molar refractivity (Wildman–Crippen MR) is 140 cm³/mol. The Morgan fingerprint density at radius 2 is 1.17 bits per heavy atom. The van der Waals surface area contributed by atoms with Crippen molar-refractivity contribution in [3.63, 3.8) is 0 Å².